The fourth-order valence-electron chi connectivity index (χ4n) is 2.88. The maximum atomic E-state index is 11.5. The highest BCUT2D eigenvalue weighted by atomic mass is 32.2. The fourth-order valence-corrected chi connectivity index (χ4v) is 7.31. The molecular formula is C13H19NO2S3. The van der Waals surface area contributed by atoms with Crippen molar-refractivity contribution < 1.29 is 8.42 Å². The molecule has 0 saturated carbocycles. The van der Waals surface area contributed by atoms with E-state index in [4.69, 9.17) is 0 Å². The molecule has 6 heteroatoms. The van der Waals surface area contributed by atoms with Gasteiger partial charge in [-0.05, 0) is 42.3 Å². The summed E-state index contributed by atoms with van der Waals surface area (Å²) in [4.78, 5) is 0. The highest BCUT2D eigenvalue weighted by Gasteiger charge is 2.30. The average Bonchev–Trinajstić information content (AvgIpc) is 2.92. The molecule has 2 aliphatic rings. The summed E-state index contributed by atoms with van der Waals surface area (Å²) in [5.41, 5.74) is 1.41. The average molecular weight is 318 g/mol. The zero-order valence-corrected chi connectivity index (χ0v) is 13.4. The number of sulfone groups is 1. The quantitative estimate of drug-likeness (QED) is 0.931. The van der Waals surface area contributed by atoms with Gasteiger partial charge in [-0.3, -0.25) is 0 Å². The van der Waals surface area contributed by atoms with E-state index in [9.17, 15) is 8.42 Å². The number of hydrogen-bond donors (Lipinski definition) is 1. The number of thiophene rings is 1. The molecule has 1 saturated heterocycles. The third kappa shape index (κ3) is 3.17. The molecule has 1 aromatic heterocycles. The van der Waals surface area contributed by atoms with E-state index in [2.05, 4.69) is 23.7 Å². The highest BCUT2D eigenvalue weighted by Crippen LogP contribution is 2.43. The van der Waals surface area contributed by atoms with Crippen molar-refractivity contribution in [2.24, 2.45) is 5.92 Å². The Morgan fingerprint density at radius 3 is 3.05 bits per heavy atom. The van der Waals surface area contributed by atoms with E-state index in [1.807, 2.05) is 23.1 Å². The molecule has 2 aliphatic heterocycles. The molecule has 1 fully saturated rings. The lowest BCUT2D eigenvalue weighted by Crippen LogP contribution is -2.31. The van der Waals surface area contributed by atoms with Crippen molar-refractivity contribution in [3.05, 3.63) is 17.0 Å². The van der Waals surface area contributed by atoms with E-state index >= 15 is 0 Å². The van der Waals surface area contributed by atoms with Crippen molar-refractivity contribution in [1.29, 1.82) is 0 Å². The minimum absolute atomic E-state index is 0.303. The number of fused-ring (bicyclic) bond motifs is 1. The van der Waals surface area contributed by atoms with Crippen LogP contribution in [0.1, 0.15) is 31.4 Å². The van der Waals surface area contributed by atoms with Crippen LogP contribution in [0.15, 0.2) is 15.7 Å². The zero-order chi connectivity index (χ0) is 13.5. The Morgan fingerprint density at radius 1 is 1.47 bits per heavy atom. The second-order valence-electron chi connectivity index (χ2n) is 5.56. The molecule has 3 heterocycles. The first-order valence-corrected chi connectivity index (χ1v) is 10.3. The molecule has 1 aromatic rings. The zero-order valence-electron chi connectivity index (χ0n) is 11.0. The van der Waals surface area contributed by atoms with Crippen LogP contribution < -0.4 is 5.32 Å². The van der Waals surface area contributed by atoms with Gasteiger partial charge in [-0.15, -0.1) is 23.1 Å². The van der Waals surface area contributed by atoms with Crippen molar-refractivity contribution in [2.45, 2.75) is 35.3 Å². The van der Waals surface area contributed by atoms with Crippen molar-refractivity contribution >= 4 is 32.9 Å². The van der Waals surface area contributed by atoms with Gasteiger partial charge in [0.25, 0.3) is 0 Å². The predicted octanol–water partition coefficient (Wildman–Crippen LogP) is 2.70. The number of rotatable bonds is 3. The molecule has 0 bridgehead atoms. The van der Waals surface area contributed by atoms with Gasteiger partial charge in [0.2, 0.25) is 0 Å². The number of nitrogens with one attached hydrogen (secondary N) is 1. The minimum Gasteiger partial charge on any atom is -0.310 e. The van der Waals surface area contributed by atoms with E-state index < -0.39 is 9.84 Å². The third-order valence-electron chi connectivity index (χ3n) is 3.89. The van der Waals surface area contributed by atoms with Gasteiger partial charge in [-0.25, -0.2) is 8.42 Å². The van der Waals surface area contributed by atoms with Crippen molar-refractivity contribution in [3.8, 4) is 0 Å². The molecule has 0 spiro atoms. The molecule has 0 amide bonds. The Labute approximate surface area is 123 Å². The number of hydrogen-bond acceptors (Lipinski definition) is 5. The molecule has 0 aromatic carbocycles. The Balaban J connectivity index is 1.62. The molecular weight excluding hydrogens is 298 g/mol. The van der Waals surface area contributed by atoms with Crippen LogP contribution in [0.25, 0.3) is 0 Å². The normalized spacial score (nSPS) is 33.2. The van der Waals surface area contributed by atoms with Crippen LogP contribution in [-0.2, 0) is 9.84 Å². The van der Waals surface area contributed by atoms with E-state index in [1.54, 1.807) is 0 Å². The van der Waals surface area contributed by atoms with Gasteiger partial charge < -0.3 is 5.32 Å². The van der Waals surface area contributed by atoms with Crippen molar-refractivity contribution in [1.82, 2.24) is 5.32 Å². The Hall–Kier alpha value is -0.0400. The maximum absolute atomic E-state index is 11.5. The van der Waals surface area contributed by atoms with Gasteiger partial charge in [0.1, 0.15) is 0 Å². The lowest BCUT2D eigenvalue weighted by Gasteiger charge is -2.28. The smallest absolute Gasteiger partial charge is 0.150 e. The van der Waals surface area contributed by atoms with Crippen LogP contribution >= 0.6 is 23.1 Å². The standard InChI is InChI=1S/C13H19NO2S3/c1-9-6-12(11-2-4-17-13(11)18-9)14-7-10-3-5-19(15,16)8-10/h2,4,9-10,12,14H,3,5-8H2,1H3/t9-,10?,12?/m0/s1. The summed E-state index contributed by atoms with van der Waals surface area (Å²) < 4.78 is 24.4. The maximum Gasteiger partial charge on any atom is 0.150 e. The first-order chi connectivity index (χ1) is 9.03. The van der Waals surface area contributed by atoms with Crippen LogP contribution in [0, 0.1) is 5.92 Å². The van der Waals surface area contributed by atoms with Gasteiger partial charge >= 0.3 is 0 Å². The summed E-state index contributed by atoms with van der Waals surface area (Å²) in [5, 5.41) is 6.40. The van der Waals surface area contributed by atoms with Gasteiger partial charge in [-0.2, -0.15) is 0 Å². The van der Waals surface area contributed by atoms with E-state index in [0.717, 1.165) is 19.4 Å². The molecule has 3 nitrogen and oxygen atoms in total. The second kappa shape index (κ2) is 5.39. The minimum atomic E-state index is -2.75. The predicted molar refractivity (Wildman–Crippen MR) is 81.8 cm³/mol. The first-order valence-electron chi connectivity index (χ1n) is 6.71. The van der Waals surface area contributed by atoms with Crippen LogP contribution in [-0.4, -0.2) is 31.7 Å². The van der Waals surface area contributed by atoms with Gasteiger partial charge in [0, 0.05) is 11.3 Å². The Morgan fingerprint density at radius 2 is 2.32 bits per heavy atom. The van der Waals surface area contributed by atoms with Crippen LogP contribution in [0.3, 0.4) is 0 Å². The summed E-state index contributed by atoms with van der Waals surface area (Å²) in [7, 11) is -2.75. The molecule has 3 atom stereocenters. The SMILES string of the molecule is C[C@H]1CC(NCC2CCS(=O)(=O)C2)c2ccsc2S1. The van der Waals surface area contributed by atoms with Crippen molar-refractivity contribution in [2.75, 3.05) is 18.1 Å². The monoisotopic (exact) mass is 317 g/mol. The highest BCUT2D eigenvalue weighted by molar-refractivity contribution is 8.01. The van der Waals surface area contributed by atoms with Crippen LogP contribution in [0.2, 0.25) is 0 Å². The van der Waals surface area contributed by atoms with Crippen LogP contribution in [0.5, 0.6) is 0 Å². The van der Waals surface area contributed by atoms with Crippen LogP contribution in [0.4, 0.5) is 0 Å². The Kier molecular flexibility index (Phi) is 3.95. The molecule has 2 unspecified atom stereocenters. The topological polar surface area (TPSA) is 46.2 Å². The van der Waals surface area contributed by atoms with Crippen molar-refractivity contribution in [3.63, 3.8) is 0 Å². The lowest BCUT2D eigenvalue weighted by atomic mass is 10.0. The molecule has 106 valence electrons. The fraction of sp³-hybridized carbons (Fsp3) is 0.692. The van der Waals surface area contributed by atoms with Gasteiger partial charge in [-0.1, -0.05) is 6.92 Å². The van der Waals surface area contributed by atoms with Gasteiger partial charge in [0.15, 0.2) is 9.84 Å². The Bertz CT molecular complexity index is 552. The second-order valence-corrected chi connectivity index (χ2v) is 10.4. The summed E-state index contributed by atoms with van der Waals surface area (Å²) in [6.07, 6.45) is 1.96. The van der Waals surface area contributed by atoms with Gasteiger partial charge in [0.05, 0.1) is 15.7 Å². The summed E-state index contributed by atoms with van der Waals surface area (Å²) in [6, 6.07) is 2.61. The van der Waals surface area contributed by atoms with E-state index in [-0.39, 0.29) is 0 Å². The lowest BCUT2D eigenvalue weighted by molar-refractivity contribution is 0.434. The van der Waals surface area contributed by atoms with E-state index in [0.29, 0.717) is 28.7 Å². The summed E-state index contributed by atoms with van der Waals surface area (Å²) in [6.45, 7) is 3.10. The molecule has 0 radical (unpaired) electrons. The van der Waals surface area contributed by atoms with E-state index in [1.165, 1.54) is 9.77 Å². The molecule has 1 N–H and O–H groups in total. The third-order valence-corrected chi connectivity index (χ3v) is 8.07. The summed E-state index contributed by atoms with van der Waals surface area (Å²) >= 11 is 3.78. The largest absolute Gasteiger partial charge is 0.310 e. The molecule has 0 aliphatic carbocycles. The number of thioether (sulfide) groups is 1. The molecule has 19 heavy (non-hydrogen) atoms. The summed E-state index contributed by atoms with van der Waals surface area (Å²) in [5.74, 6) is 1.05. The first kappa shape index (κ1) is 13.9. The molecule has 3 rings (SSSR count).